The molecular formula is C11H14O3. The van der Waals surface area contributed by atoms with Crippen LogP contribution in [0.15, 0.2) is 22.8 Å². The monoisotopic (exact) mass is 194 g/mol. The molecule has 1 aromatic rings. The van der Waals surface area contributed by atoms with Crippen molar-refractivity contribution in [3.63, 3.8) is 0 Å². The zero-order valence-electron chi connectivity index (χ0n) is 8.03. The van der Waals surface area contributed by atoms with Crippen molar-refractivity contribution in [1.29, 1.82) is 0 Å². The Balaban J connectivity index is 1.99. The van der Waals surface area contributed by atoms with Crippen LogP contribution in [0.1, 0.15) is 31.4 Å². The third-order valence-corrected chi connectivity index (χ3v) is 2.82. The maximum atomic E-state index is 11.0. The van der Waals surface area contributed by atoms with Gasteiger partial charge in [0.15, 0.2) is 0 Å². The van der Waals surface area contributed by atoms with Crippen molar-refractivity contribution in [3.8, 4) is 0 Å². The lowest BCUT2D eigenvalue weighted by atomic mass is 9.81. The van der Waals surface area contributed by atoms with Gasteiger partial charge in [-0.3, -0.25) is 4.79 Å². The second-order valence-corrected chi connectivity index (χ2v) is 4.02. The van der Waals surface area contributed by atoms with E-state index in [2.05, 4.69) is 0 Å². The molecule has 0 aliphatic heterocycles. The fourth-order valence-corrected chi connectivity index (χ4v) is 1.91. The smallest absolute Gasteiger partial charge is 0.133 e. The molecule has 0 saturated heterocycles. The first-order valence-electron chi connectivity index (χ1n) is 4.94. The maximum absolute atomic E-state index is 11.0. The van der Waals surface area contributed by atoms with Gasteiger partial charge in [-0.15, -0.1) is 0 Å². The highest BCUT2D eigenvalue weighted by Crippen LogP contribution is 2.29. The molecule has 2 rings (SSSR count). The third kappa shape index (κ3) is 2.04. The number of Topliss-reactive ketones (excluding diaryl/α,β-unsaturated/α-hetero) is 1. The van der Waals surface area contributed by atoms with Gasteiger partial charge < -0.3 is 9.52 Å². The average Bonchev–Trinajstić information content (AvgIpc) is 2.63. The topological polar surface area (TPSA) is 50.4 Å². The van der Waals surface area contributed by atoms with Gasteiger partial charge >= 0.3 is 0 Å². The molecule has 1 saturated carbocycles. The molecule has 1 aliphatic rings. The second kappa shape index (κ2) is 3.58. The zero-order valence-corrected chi connectivity index (χ0v) is 8.03. The first-order chi connectivity index (χ1) is 6.68. The van der Waals surface area contributed by atoms with Gasteiger partial charge in [0.2, 0.25) is 0 Å². The molecule has 1 N–H and O–H groups in total. The Morgan fingerprint density at radius 2 is 2.14 bits per heavy atom. The average molecular weight is 194 g/mol. The van der Waals surface area contributed by atoms with Crippen LogP contribution in [0.2, 0.25) is 0 Å². The number of rotatable bonds is 2. The van der Waals surface area contributed by atoms with Crippen molar-refractivity contribution < 1.29 is 14.3 Å². The van der Waals surface area contributed by atoms with E-state index in [4.69, 9.17) is 4.42 Å². The molecule has 0 atom stereocenters. The van der Waals surface area contributed by atoms with Crippen LogP contribution >= 0.6 is 0 Å². The van der Waals surface area contributed by atoms with Crippen LogP contribution in [0.3, 0.4) is 0 Å². The Kier molecular flexibility index (Phi) is 2.42. The summed E-state index contributed by atoms with van der Waals surface area (Å²) in [5, 5.41) is 10.1. The van der Waals surface area contributed by atoms with Crippen molar-refractivity contribution in [2.45, 2.75) is 37.7 Å². The summed E-state index contributed by atoms with van der Waals surface area (Å²) < 4.78 is 5.18. The fraction of sp³-hybridized carbons (Fsp3) is 0.545. The minimum Gasteiger partial charge on any atom is -0.469 e. The maximum Gasteiger partial charge on any atom is 0.133 e. The predicted octanol–water partition coefficient (Wildman–Crippen LogP) is 1.70. The number of hydrogen-bond donors (Lipinski definition) is 1. The lowest BCUT2D eigenvalue weighted by molar-refractivity contribution is -0.125. The molecule has 0 spiro atoms. The minimum absolute atomic E-state index is 0.258. The van der Waals surface area contributed by atoms with Crippen molar-refractivity contribution >= 4 is 5.78 Å². The lowest BCUT2D eigenvalue weighted by Crippen LogP contribution is -2.36. The summed E-state index contributed by atoms with van der Waals surface area (Å²) in [6.45, 7) is 0. The van der Waals surface area contributed by atoms with Crippen LogP contribution in [0.4, 0.5) is 0 Å². The predicted molar refractivity (Wildman–Crippen MR) is 50.8 cm³/mol. The van der Waals surface area contributed by atoms with Gasteiger partial charge in [0, 0.05) is 19.3 Å². The highest BCUT2D eigenvalue weighted by Gasteiger charge is 2.33. The van der Waals surface area contributed by atoms with Gasteiger partial charge in [0.1, 0.15) is 11.5 Å². The van der Waals surface area contributed by atoms with Gasteiger partial charge in [-0.05, 0) is 25.0 Å². The molecule has 0 radical (unpaired) electrons. The Bertz CT molecular complexity index is 303. The Labute approximate surface area is 82.7 Å². The first kappa shape index (κ1) is 9.46. The second-order valence-electron chi connectivity index (χ2n) is 4.02. The number of furan rings is 1. The summed E-state index contributed by atoms with van der Waals surface area (Å²) in [6, 6.07) is 3.67. The van der Waals surface area contributed by atoms with Gasteiger partial charge in [0.25, 0.3) is 0 Å². The number of hydrogen-bond acceptors (Lipinski definition) is 3. The highest BCUT2D eigenvalue weighted by atomic mass is 16.3. The van der Waals surface area contributed by atoms with E-state index in [0.29, 0.717) is 32.1 Å². The first-order valence-corrected chi connectivity index (χ1v) is 4.94. The van der Waals surface area contributed by atoms with Crippen molar-refractivity contribution in [2.75, 3.05) is 0 Å². The van der Waals surface area contributed by atoms with Crippen LogP contribution in [0, 0.1) is 0 Å². The molecule has 1 aliphatic carbocycles. The normalized spacial score (nSPS) is 21.1. The van der Waals surface area contributed by atoms with E-state index >= 15 is 0 Å². The zero-order chi connectivity index (χ0) is 10.0. The molecule has 3 heteroatoms. The number of carbonyl (C=O) groups excluding carboxylic acids is 1. The van der Waals surface area contributed by atoms with Crippen LogP contribution in [-0.4, -0.2) is 16.5 Å². The molecule has 0 bridgehead atoms. The SMILES string of the molecule is O=C1CCC(O)(Cc2ccco2)CC1. The van der Waals surface area contributed by atoms with Gasteiger partial charge in [0.05, 0.1) is 11.9 Å². The third-order valence-electron chi connectivity index (χ3n) is 2.82. The molecule has 14 heavy (non-hydrogen) atoms. The summed E-state index contributed by atoms with van der Waals surface area (Å²) in [4.78, 5) is 11.0. The number of carbonyl (C=O) groups is 1. The quantitative estimate of drug-likeness (QED) is 0.779. The van der Waals surface area contributed by atoms with Gasteiger partial charge in [-0.2, -0.15) is 0 Å². The van der Waals surface area contributed by atoms with Crippen LogP contribution in [0.5, 0.6) is 0 Å². The van der Waals surface area contributed by atoms with Crippen LogP contribution in [0.25, 0.3) is 0 Å². The fourth-order valence-electron chi connectivity index (χ4n) is 1.91. The molecule has 0 aromatic carbocycles. The lowest BCUT2D eigenvalue weighted by Gasteiger charge is -2.30. The van der Waals surface area contributed by atoms with Crippen LogP contribution < -0.4 is 0 Å². The molecule has 0 amide bonds. The van der Waals surface area contributed by atoms with E-state index in [1.807, 2.05) is 12.1 Å². The van der Waals surface area contributed by atoms with E-state index in [1.54, 1.807) is 6.26 Å². The molecule has 1 heterocycles. The minimum atomic E-state index is -0.730. The van der Waals surface area contributed by atoms with Crippen molar-refractivity contribution in [3.05, 3.63) is 24.2 Å². The summed E-state index contributed by atoms with van der Waals surface area (Å²) in [6.07, 6.45) is 4.24. The highest BCUT2D eigenvalue weighted by molar-refractivity contribution is 5.79. The molecule has 1 fully saturated rings. The molecule has 76 valence electrons. The summed E-state index contributed by atoms with van der Waals surface area (Å²) in [7, 11) is 0. The summed E-state index contributed by atoms with van der Waals surface area (Å²) in [5.74, 6) is 1.05. The van der Waals surface area contributed by atoms with Crippen LogP contribution in [-0.2, 0) is 11.2 Å². The standard InChI is InChI=1S/C11H14O3/c12-9-3-5-11(13,6-4-9)8-10-2-1-7-14-10/h1-2,7,13H,3-6,8H2. The number of aliphatic hydroxyl groups is 1. The Morgan fingerprint density at radius 1 is 1.43 bits per heavy atom. The largest absolute Gasteiger partial charge is 0.469 e. The van der Waals surface area contributed by atoms with Crippen molar-refractivity contribution in [1.82, 2.24) is 0 Å². The van der Waals surface area contributed by atoms with E-state index < -0.39 is 5.60 Å². The van der Waals surface area contributed by atoms with Crippen molar-refractivity contribution in [2.24, 2.45) is 0 Å². The molecule has 0 unspecified atom stereocenters. The van der Waals surface area contributed by atoms with Gasteiger partial charge in [-0.25, -0.2) is 0 Å². The van der Waals surface area contributed by atoms with E-state index in [-0.39, 0.29) is 5.78 Å². The van der Waals surface area contributed by atoms with E-state index in [0.717, 1.165) is 5.76 Å². The molecular weight excluding hydrogens is 180 g/mol. The van der Waals surface area contributed by atoms with E-state index in [9.17, 15) is 9.90 Å². The number of ketones is 1. The van der Waals surface area contributed by atoms with Gasteiger partial charge in [-0.1, -0.05) is 0 Å². The molecule has 3 nitrogen and oxygen atoms in total. The van der Waals surface area contributed by atoms with E-state index in [1.165, 1.54) is 0 Å². The Morgan fingerprint density at radius 3 is 2.71 bits per heavy atom. The molecule has 1 aromatic heterocycles. The summed E-state index contributed by atoms with van der Waals surface area (Å²) in [5.41, 5.74) is -0.730. The summed E-state index contributed by atoms with van der Waals surface area (Å²) >= 11 is 0. The Hall–Kier alpha value is -1.09.